The third-order valence-corrected chi connectivity index (χ3v) is 5.59. The molecular formula is C26H22N4O4. The number of benzene rings is 3. The Bertz CT molecular complexity index is 1540. The molecule has 2 heterocycles. The molecule has 0 atom stereocenters. The highest BCUT2D eigenvalue weighted by Gasteiger charge is 2.16. The van der Waals surface area contributed by atoms with Gasteiger partial charge in [-0.25, -0.2) is 4.68 Å². The molecule has 8 heteroatoms. The highest BCUT2D eigenvalue weighted by atomic mass is 16.5. The molecule has 0 aliphatic heterocycles. The number of ether oxygens (including phenoxy) is 2. The van der Waals surface area contributed by atoms with Crippen LogP contribution in [0.1, 0.15) is 11.5 Å². The van der Waals surface area contributed by atoms with Gasteiger partial charge in [0.15, 0.2) is 11.5 Å². The van der Waals surface area contributed by atoms with Gasteiger partial charge in [-0.1, -0.05) is 53.2 Å². The second kappa shape index (κ2) is 8.82. The Kier molecular flexibility index (Phi) is 5.55. The first-order valence-corrected chi connectivity index (χ1v) is 10.7. The van der Waals surface area contributed by atoms with Gasteiger partial charge in [-0.05, 0) is 31.2 Å². The summed E-state index contributed by atoms with van der Waals surface area (Å²) < 4.78 is 17.4. The quantitative estimate of drug-likeness (QED) is 0.373. The molecule has 0 bridgehead atoms. The normalized spacial score (nSPS) is 11.0. The van der Waals surface area contributed by atoms with Crippen LogP contribution in [0.4, 0.5) is 0 Å². The molecule has 0 saturated carbocycles. The summed E-state index contributed by atoms with van der Waals surface area (Å²) in [5, 5.41) is 10.1. The van der Waals surface area contributed by atoms with Crippen molar-refractivity contribution in [2.75, 3.05) is 14.2 Å². The first kappa shape index (κ1) is 21.4. The van der Waals surface area contributed by atoms with E-state index < -0.39 is 0 Å². The second-order valence-corrected chi connectivity index (χ2v) is 7.80. The van der Waals surface area contributed by atoms with Crippen LogP contribution in [0.5, 0.6) is 11.5 Å². The summed E-state index contributed by atoms with van der Waals surface area (Å²) in [6.45, 7) is 2.07. The lowest BCUT2D eigenvalue weighted by atomic mass is 10.0. The average Bonchev–Trinajstić information content (AvgIpc) is 3.34. The van der Waals surface area contributed by atoms with Gasteiger partial charge in [-0.15, -0.1) is 0 Å². The van der Waals surface area contributed by atoms with Crippen LogP contribution in [0, 0.1) is 6.92 Å². The van der Waals surface area contributed by atoms with Crippen LogP contribution in [0.15, 0.2) is 76.0 Å². The van der Waals surface area contributed by atoms with Crippen molar-refractivity contribution in [3.63, 3.8) is 0 Å². The van der Waals surface area contributed by atoms with E-state index in [4.69, 9.17) is 14.0 Å². The summed E-state index contributed by atoms with van der Waals surface area (Å²) in [6.07, 6.45) is 0. The van der Waals surface area contributed by atoms with E-state index in [1.807, 2.05) is 55.5 Å². The van der Waals surface area contributed by atoms with Crippen LogP contribution in [0.2, 0.25) is 0 Å². The summed E-state index contributed by atoms with van der Waals surface area (Å²) in [5.41, 5.74) is 3.26. The minimum atomic E-state index is -0.225. The van der Waals surface area contributed by atoms with Crippen molar-refractivity contribution >= 4 is 10.8 Å². The smallest absolute Gasteiger partial charge is 0.275 e. The molecule has 2 aromatic heterocycles. The molecule has 0 spiro atoms. The Balaban J connectivity index is 1.54. The van der Waals surface area contributed by atoms with Crippen LogP contribution in [0.3, 0.4) is 0 Å². The maximum atomic E-state index is 13.2. The lowest BCUT2D eigenvalue weighted by Crippen LogP contribution is -2.24. The Morgan fingerprint density at radius 1 is 0.882 bits per heavy atom. The van der Waals surface area contributed by atoms with E-state index in [2.05, 4.69) is 15.2 Å². The molecule has 34 heavy (non-hydrogen) atoms. The van der Waals surface area contributed by atoms with E-state index in [-0.39, 0.29) is 18.0 Å². The van der Waals surface area contributed by atoms with E-state index >= 15 is 0 Å². The van der Waals surface area contributed by atoms with E-state index in [9.17, 15) is 4.79 Å². The highest BCUT2D eigenvalue weighted by molar-refractivity contribution is 5.93. The molecule has 170 valence electrons. The zero-order valence-electron chi connectivity index (χ0n) is 19.0. The van der Waals surface area contributed by atoms with E-state index in [1.165, 1.54) is 4.68 Å². The average molecular weight is 454 g/mol. The van der Waals surface area contributed by atoms with Gasteiger partial charge in [-0.2, -0.15) is 10.1 Å². The molecule has 5 rings (SSSR count). The van der Waals surface area contributed by atoms with Crippen molar-refractivity contribution in [1.82, 2.24) is 19.9 Å². The predicted molar refractivity (Wildman–Crippen MR) is 128 cm³/mol. The summed E-state index contributed by atoms with van der Waals surface area (Å²) in [6, 6.07) is 20.9. The number of hydrogen-bond acceptors (Lipinski definition) is 7. The largest absolute Gasteiger partial charge is 0.493 e. The lowest BCUT2D eigenvalue weighted by molar-refractivity contribution is 0.355. The maximum Gasteiger partial charge on any atom is 0.275 e. The molecule has 0 unspecified atom stereocenters. The summed E-state index contributed by atoms with van der Waals surface area (Å²) in [7, 11) is 3.13. The Morgan fingerprint density at radius 2 is 1.59 bits per heavy atom. The number of aromatic nitrogens is 4. The summed E-state index contributed by atoms with van der Waals surface area (Å²) in [4.78, 5) is 17.6. The van der Waals surface area contributed by atoms with Gasteiger partial charge in [0.1, 0.15) is 6.54 Å². The second-order valence-electron chi connectivity index (χ2n) is 7.80. The van der Waals surface area contributed by atoms with Crippen molar-refractivity contribution in [2.45, 2.75) is 13.5 Å². The number of hydrogen-bond donors (Lipinski definition) is 0. The first-order chi connectivity index (χ1) is 16.6. The number of rotatable bonds is 6. The fourth-order valence-electron chi connectivity index (χ4n) is 3.81. The Labute approximate surface area is 195 Å². The minimum Gasteiger partial charge on any atom is -0.493 e. The van der Waals surface area contributed by atoms with Crippen LogP contribution >= 0.6 is 0 Å². The van der Waals surface area contributed by atoms with Crippen LogP contribution in [0.25, 0.3) is 33.4 Å². The van der Waals surface area contributed by atoms with Crippen LogP contribution < -0.4 is 15.0 Å². The number of methoxy groups -OCH3 is 2. The lowest BCUT2D eigenvalue weighted by Gasteiger charge is -2.10. The molecule has 3 aromatic carbocycles. The van der Waals surface area contributed by atoms with Gasteiger partial charge < -0.3 is 14.0 Å². The van der Waals surface area contributed by atoms with E-state index in [0.29, 0.717) is 28.3 Å². The highest BCUT2D eigenvalue weighted by Crippen LogP contribution is 2.31. The van der Waals surface area contributed by atoms with Gasteiger partial charge in [0.05, 0.1) is 25.3 Å². The van der Waals surface area contributed by atoms with Gasteiger partial charge in [0.25, 0.3) is 5.56 Å². The predicted octanol–water partition coefficient (Wildman–Crippen LogP) is 4.49. The van der Waals surface area contributed by atoms with Gasteiger partial charge in [0.2, 0.25) is 11.7 Å². The molecule has 5 aromatic rings. The minimum absolute atomic E-state index is 0.0445. The zero-order chi connectivity index (χ0) is 23.7. The van der Waals surface area contributed by atoms with Crippen molar-refractivity contribution in [3.05, 3.63) is 88.5 Å². The van der Waals surface area contributed by atoms with Crippen molar-refractivity contribution < 1.29 is 14.0 Å². The standard InChI is InChI=1S/C26H22N4O4/c1-16-8-10-17(11-9-16)24-19-6-4-5-7-20(19)26(31)30(28-24)15-23-27-25(29-34-23)18-12-13-21(32-2)22(14-18)33-3/h4-14H,15H2,1-3H3. The summed E-state index contributed by atoms with van der Waals surface area (Å²) in [5.74, 6) is 1.81. The number of nitrogens with zero attached hydrogens (tertiary/aromatic N) is 4. The number of fused-ring (bicyclic) bond motifs is 1. The SMILES string of the molecule is COc1ccc(-c2noc(Cn3nc(-c4ccc(C)cc4)c4ccccc4c3=O)n2)cc1OC. The third-order valence-electron chi connectivity index (χ3n) is 5.59. The van der Waals surface area contributed by atoms with Gasteiger partial charge in [-0.3, -0.25) is 4.79 Å². The van der Waals surface area contributed by atoms with Crippen LogP contribution in [-0.4, -0.2) is 34.1 Å². The molecule has 8 nitrogen and oxygen atoms in total. The number of aryl methyl sites for hydroxylation is 1. The maximum absolute atomic E-state index is 13.2. The van der Waals surface area contributed by atoms with E-state index in [1.54, 1.807) is 32.4 Å². The van der Waals surface area contributed by atoms with Crippen molar-refractivity contribution in [1.29, 1.82) is 0 Å². The van der Waals surface area contributed by atoms with Gasteiger partial charge >= 0.3 is 0 Å². The molecule has 0 aliphatic rings. The van der Waals surface area contributed by atoms with Crippen molar-refractivity contribution in [2.24, 2.45) is 0 Å². The van der Waals surface area contributed by atoms with Crippen molar-refractivity contribution in [3.8, 4) is 34.1 Å². The molecular weight excluding hydrogens is 432 g/mol. The molecule has 0 N–H and O–H groups in total. The Hall–Kier alpha value is -4.46. The molecule has 0 radical (unpaired) electrons. The molecule has 0 amide bonds. The first-order valence-electron chi connectivity index (χ1n) is 10.7. The Morgan fingerprint density at radius 3 is 2.32 bits per heavy atom. The molecule has 0 saturated heterocycles. The van der Waals surface area contributed by atoms with E-state index in [0.717, 1.165) is 22.2 Å². The topological polar surface area (TPSA) is 92.3 Å². The van der Waals surface area contributed by atoms with Gasteiger partial charge in [0, 0.05) is 16.5 Å². The molecule has 0 aliphatic carbocycles. The zero-order valence-corrected chi connectivity index (χ0v) is 19.0. The monoisotopic (exact) mass is 454 g/mol. The van der Waals surface area contributed by atoms with Crippen LogP contribution in [-0.2, 0) is 6.54 Å². The fourth-order valence-corrected chi connectivity index (χ4v) is 3.81. The fraction of sp³-hybridized carbons (Fsp3) is 0.154. The third kappa shape index (κ3) is 3.90. The summed E-state index contributed by atoms with van der Waals surface area (Å²) >= 11 is 0. The molecule has 0 fully saturated rings.